The lowest BCUT2D eigenvalue weighted by molar-refractivity contribution is 0.682. The molecule has 0 spiro atoms. The summed E-state index contributed by atoms with van der Waals surface area (Å²) >= 11 is 1.71. The van der Waals surface area contributed by atoms with Crippen molar-refractivity contribution in [3.63, 3.8) is 0 Å². The van der Waals surface area contributed by atoms with Gasteiger partial charge < -0.3 is 5.32 Å². The van der Waals surface area contributed by atoms with Crippen LogP contribution in [0.3, 0.4) is 0 Å². The highest BCUT2D eigenvalue weighted by atomic mass is 32.1. The highest BCUT2D eigenvalue weighted by Gasteiger charge is 2.12. The van der Waals surface area contributed by atoms with Gasteiger partial charge in [0.05, 0.1) is 11.4 Å². The molecule has 0 aliphatic heterocycles. The van der Waals surface area contributed by atoms with Crippen LogP contribution in [-0.2, 0) is 0 Å². The van der Waals surface area contributed by atoms with Crippen LogP contribution in [0.1, 0.15) is 37.9 Å². The Morgan fingerprint density at radius 2 is 2.21 bits per heavy atom. The molecule has 2 aromatic rings. The number of imidazole rings is 1. The summed E-state index contributed by atoms with van der Waals surface area (Å²) in [5.74, 6) is 0.544. The van der Waals surface area contributed by atoms with Gasteiger partial charge in [0.1, 0.15) is 0 Å². The third-order valence-corrected chi connectivity index (χ3v) is 4.34. The standard InChI is InChI=1S/C15H23N3S/c1-6-16-8-13(10(2)3)7-14-12(5)17-15-18(14)11(4)9-19-15/h7,9-10,16H,6,8H2,1-5H3. The summed E-state index contributed by atoms with van der Waals surface area (Å²) < 4.78 is 2.26. The maximum Gasteiger partial charge on any atom is 0.194 e. The summed E-state index contributed by atoms with van der Waals surface area (Å²) in [4.78, 5) is 5.73. The Morgan fingerprint density at radius 3 is 2.84 bits per heavy atom. The molecular weight excluding hydrogens is 254 g/mol. The third kappa shape index (κ3) is 2.90. The van der Waals surface area contributed by atoms with Crippen molar-refractivity contribution >= 4 is 22.4 Å². The van der Waals surface area contributed by atoms with Gasteiger partial charge in [-0.1, -0.05) is 26.3 Å². The lowest BCUT2D eigenvalue weighted by Gasteiger charge is -2.12. The number of hydrogen-bond acceptors (Lipinski definition) is 3. The average Bonchev–Trinajstić information content (AvgIpc) is 2.85. The van der Waals surface area contributed by atoms with Gasteiger partial charge in [0.25, 0.3) is 0 Å². The zero-order chi connectivity index (χ0) is 14.0. The number of nitrogens with one attached hydrogen (secondary N) is 1. The molecule has 0 bridgehead atoms. The maximum atomic E-state index is 4.64. The van der Waals surface area contributed by atoms with Crippen LogP contribution in [-0.4, -0.2) is 22.5 Å². The van der Waals surface area contributed by atoms with Crippen molar-refractivity contribution in [2.45, 2.75) is 34.6 Å². The Balaban J connectivity index is 2.46. The zero-order valence-electron chi connectivity index (χ0n) is 12.4. The topological polar surface area (TPSA) is 29.3 Å². The second-order valence-electron chi connectivity index (χ2n) is 5.23. The minimum Gasteiger partial charge on any atom is -0.313 e. The Morgan fingerprint density at radius 1 is 1.47 bits per heavy atom. The first kappa shape index (κ1) is 14.3. The van der Waals surface area contributed by atoms with Crippen molar-refractivity contribution in [2.24, 2.45) is 5.92 Å². The number of nitrogens with zero attached hydrogens (tertiary/aromatic N) is 2. The van der Waals surface area contributed by atoms with E-state index in [4.69, 9.17) is 0 Å². The molecule has 104 valence electrons. The van der Waals surface area contributed by atoms with E-state index in [0.717, 1.165) is 23.7 Å². The van der Waals surface area contributed by atoms with E-state index in [9.17, 15) is 0 Å². The van der Waals surface area contributed by atoms with Gasteiger partial charge in [-0.3, -0.25) is 4.40 Å². The normalized spacial score (nSPS) is 12.8. The fraction of sp³-hybridized carbons (Fsp3) is 0.533. The summed E-state index contributed by atoms with van der Waals surface area (Å²) in [5.41, 5.74) is 5.04. The lowest BCUT2D eigenvalue weighted by atomic mass is 10.0. The van der Waals surface area contributed by atoms with Gasteiger partial charge in [-0.2, -0.15) is 0 Å². The Hall–Kier alpha value is -1.13. The number of thiazole rings is 1. The molecule has 0 aliphatic carbocycles. The second kappa shape index (κ2) is 5.88. The molecule has 4 heteroatoms. The smallest absolute Gasteiger partial charge is 0.194 e. The molecule has 0 aliphatic rings. The van der Waals surface area contributed by atoms with Crippen molar-refractivity contribution in [1.82, 2.24) is 14.7 Å². The third-order valence-electron chi connectivity index (χ3n) is 3.40. The van der Waals surface area contributed by atoms with Crippen LogP contribution >= 0.6 is 11.3 Å². The Labute approximate surface area is 119 Å². The molecule has 3 nitrogen and oxygen atoms in total. The molecule has 19 heavy (non-hydrogen) atoms. The Kier molecular flexibility index (Phi) is 4.42. The molecule has 2 heterocycles. The van der Waals surface area contributed by atoms with Crippen LogP contribution in [0.4, 0.5) is 0 Å². The van der Waals surface area contributed by atoms with Crippen LogP contribution in [0.15, 0.2) is 11.0 Å². The van der Waals surface area contributed by atoms with Gasteiger partial charge >= 0.3 is 0 Å². The fourth-order valence-corrected chi connectivity index (χ4v) is 3.08. The van der Waals surface area contributed by atoms with E-state index in [1.165, 1.54) is 17.0 Å². The predicted octanol–water partition coefficient (Wildman–Crippen LogP) is 3.66. The van der Waals surface area contributed by atoms with Crippen LogP contribution in [0, 0.1) is 19.8 Å². The molecule has 2 aromatic heterocycles. The number of hydrogen-bond donors (Lipinski definition) is 1. The highest BCUT2D eigenvalue weighted by molar-refractivity contribution is 7.15. The van der Waals surface area contributed by atoms with E-state index in [1.807, 2.05) is 0 Å². The van der Waals surface area contributed by atoms with Crippen molar-refractivity contribution in [3.05, 3.63) is 28.0 Å². The fourth-order valence-electron chi connectivity index (χ4n) is 2.16. The second-order valence-corrected chi connectivity index (χ2v) is 6.07. The largest absolute Gasteiger partial charge is 0.313 e. The quantitative estimate of drug-likeness (QED) is 0.903. The molecule has 0 amide bonds. The summed E-state index contributed by atoms with van der Waals surface area (Å²) in [7, 11) is 0. The molecule has 0 atom stereocenters. The molecule has 2 rings (SSSR count). The molecule has 1 N–H and O–H groups in total. The molecular formula is C15H23N3S. The first-order valence-electron chi connectivity index (χ1n) is 6.89. The minimum atomic E-state index is 0.544. The molecule has 0 fully saturated rings. The van der Waals surface area contributed by atoms with Gasteiger partial charge in [0.15, 0.2) is 4.96 Å². The van der Waals surface area contributed by atoms with Crippen molar-refractivity contribution < 1.29 is 0 Å². The summed E-state index contributed by atoms with van der Waals surface area (Å²) in [6.07, 6.45) is 2.31. The summed E-state index contributed by atoms with van der Waals surface area (Å²) in [6, 6.07) is 0. The molecule has 0 saturated heterocycles. The summed E-state index contributed by atoms with van der Waals surface area (Å²) in [6.45, 7) is 12.8. The number of aromatic nitrogens is 2. The minimum absolute atomic E-state index is 0.544. The maximum absolute atomic E-state index is 4.64. The first-order chi connectivity index (χ1) is 9.04. The number of rotatable bonds is 5. The molecule has 0 saturated carbocycles. The van der Waals surface area contributed by atoms with Gasteiger partial charge in [0, 0.05) is 17.6 Å². The number of aryl methyl sites for hydroxylation is 2. The van der Waals surface area contributed by atoms with Gasteiger partial charge in [-0.05, 0) is 32.4 Å². The zero-order valence-corrected chi connectivity index (χ0v) is 13.3. The van der Waals surface area contributed by atoms with Crippen molar-refractivity contribution in [3.8, 4) is 0 Å². The first-order valence-corrected chi connectivity index (χ1v) is 7.76. The monoisotopic (exact) mass is 277 g/mol. The van der Waals surface area contributed by atoms with E-state index < -0.39 is 0 Å². The number of likely N-dealkylation sites (N-methyl/N-ethyl adjacent to an activating group) is 1. The molecule has 0 aromatic carbocycles. The SMILES string of the molecule is CCNCC(=Cc1c(C)nc2scc(C)n12)C(C)C. The highest BCUT2D eigenvalue weighted by Crippen LogP contribution is 2.23. The average molecular weight is 277 g/mol. The van der Waals surface area contributed by atoms with Gasteiger partial charge in [-0.15, -0.1) is 11.3 Å². The summed E-state index contributed by atoms with van der Waals surface area (Å²) in [5, 5.41) is 5.59. The van der Waals surface area contributed by atoms with E-state index >= 15 is 0 Å². The predicted molar refractivity (Wildman–Crippen MR) is 83.9 cm³/mol. The van der Waals surface area contributed by atoms with Crippen molar-refractivity contribution in [2.75, 3.05) is 13.1 Å². The van der Waals surface area contributed by atoms with Crippen LogP contribution in [0.2, 0.25) is 0 Å². The van der Waals surface area contributed by atoms with E-state index in [0.29, 0.717) is 5.92 Å². The lowest BCUT2D eigenvalue weighted by Crippen LogP contribution is -2.18. The number of fused-ring (bicyclic) bond motifs is 1. The molecule has 0 radical (unpaired) electrons. The van der Waals surface area contributed by atoms with E-state index in [1.54, 1.807) is 11.3 Å². The Bertz CT molecular complexity index is 590. The van der Waals surface area contributed by atoms with Crippen LogP contribution in [0.5, 0.6) is 0 Å². The van der Waals surface area contributed by atoms with Crippen LogP contribution in [0.25, 0.3) is 11.0 Å². The van der Waals surface area contributed by atoms with Crippen molar-refractivity contribution in [1.29, 1.82) is 0 Å². The van der Waals surface area contributed by atoms with Gasteiger partial charge in [-0.25, -0.2) is 4.98 Å². The van der Waals surface area contributed by atoms with E-state index in [2.05, 4.69) is 60.8 Å². The van der Waals surface area contributed by atoms with Gasteiger partial charge in [0.2, 0.25) is 0 Å². The van der Waals surface area contributed by atoms with E-state index in [-0.39, 0.29) is 0 Å². The van der Waals surface area contributed by atoms with Crippen LogP contribution < -0.4 is 5.32 Å². The molecule has 0 unspecified atom stereocenters.